The van der Waals surface area contributed by atoms with Gasteiger partial charge < -0.3 is 9.47 Å². The Hall–Kier alpha value is -3.88. The summed E-state index contributed by atoms with van der Waals surface area (Å²) in [5.41, 5.74) is 0.176. The Labute approximate surface area is 170 Å². The summed E-state index contributed by atoms with van der Waals surface area (Å²) in [7, 11) is 4.51. The van der Waals surface area contributed by atoms with E-state index in [9.17, 15) is 14.0 Å². The van der Waals surface area contributed by atoms with Crippen LogP contribution in [0.15, 0.2) is 58.1 Å². The van der Waals surface area contributed by atoms with E-state index in [4.69, 9.17) is 9.47 Å². The Bertz CT molecular complexity index is 1340. The van der Waals surface area contributed by atoms with Gasteiger partial charge in [-0.05, 0) is 42.0 Å². The summed E-state index contributed by atoms with van der Waals surface area (Å²) in [6, 6.07) is 12.9. The smallest absolute Gasteiger partial charge is 0.332 e. The van der Waals surface area contributed by atoms with Crippen molar-refractivity contribution in [3.63, 3.8) is 0 Å². The van der Waals surface area contributed by atoms with E-state index in [1.165, 1.54) is 30.8 Å². The number of ether oxygens (including phenoxy) is 2. The lowest BCUT2D eigenvalue weighted by Gasteiger charge is -2.10. The molecule has 154 valence electrons. The van der Waals surface area contributed by atoms with Gasteiger partial charge in [-0.25, -0.2) is 9.18 Å². The van der Waals surface area contributed by atoms with Gasteiger partial charge in [0.25, 0.3) is 5.56 Å². The summed E-state index contributed by atoms with van der Waals surface area (Å²) < 4.78 is 28.3. The molecule has 2 aromatic carbocycles. The molecule has 4 rings (SSSR count). The van der Waals surface area contributed by atoms with E-state index in [1.807, 2.05) is 0 Å². The third-order valence-electron chi connectivity index (χ3n) is 4.84. The minimum atomic E-state index is -0.493. The molecule has 9 heteroatoms. The van der Waals surface area contributed by atoms with E-state index >= 15 is 0 Å². The van der Waals surface area contributed by atoms with Crippen LogP contribution in [0.4, 0.5) is 4.39 Å². The number of methoxy groups -OCH3 is 1. The van der Waals surface area contributed by atoms with Crippen molar-refractivity contribution < 1.29 is 13.9 Å². The highest BCUT2D eigenvalue weighted by atomic mass is 19.1. The predicted octanol–water partition coefficient (Wildman–Crippen LogP) is 2.42. The lowest BCUT2D eigenvalue weighted by molar-refractivity contribution is 0.406. The van der Waals surface area contributed by atoms with Crippen molar-refractivity contribution in [3.8, 4) is 17.5 Å². The average Bonchev–Trinajstić information content (AvgIpc) is 3.11. The summed E-state index contributed by atoms with van der Waals surface area (Å²) in [4.78, 5) is 29.6. The quantitative estimate of drug-likeness (QED) is 0.505. The second-order valence-corrected chi connectivity index (χ2v) is 6.76. The summed E-state index contributed by atoms with van der Waals surface area (Å²) in [5, 5.41) is 0. The number of benzene rings is 2. The van der Waals surface area contributed by atoms with Gasteiger partial charge in [0, 0.05) is 14.1 Å². The molecule has 4 aromatic rings. The summed E-state index contributed by atoms with van der Waals surface area (Å²) in [6.45, 7) is 0.204. The van der Waals surface area contributed by atoms with Gasteiger partial charge in [-0.1, -0.05) is 12.1 Å². The zero-order chi connectivity index (χ0) is 21.4. The number of fused-ring (bicyclic) bond motifs is 1. The Balaban J connectivity index is 1.89. The highest BCUT2D eigenvalue weighted by Crippen LogP contribution is 2.26. The van der Waals surface area contributed by atoms with Gasteiger partial charge in [0.1, 0.15) is 17.3 Å². The summed E-state index contributed by atoms with van der Waals surface area (Å²) >= 11 is 0. The number of nitrogens with zero attached hydrogens (tertiary/aromatic N) is 4. The van der Waals surface area contributed by atoms with Crippen molar-refractivity contribution in [1.82, 2.24) is 18.7 Å². The molecule has 0 fully saturated rings. The van der Waals surface area contributed by atoms with E-state index in [-0.39, 0.29) is 29.5 Å². The van der Waals surface area contributed by atoms with E-state index < -0.39 is 11.2 Å². The number of halogens is 1. The molecule has 2 heterocycles. The fraction of sp³-hybridized carbons (Fsp3) is 0.190. The van der Waals surface area contributed by atoms with Crippen LogP contribution in [-0.4, -0.2) is 25.8 Å². The van der Waals surface area contributed by atoms with Crippen LogP contribution >= 0.6 is 0 Å². The molecule has 0 N–H and O–H groups in total. The number of hydrogen-bond acceptors (Lipinski definition) is 5. The molecule has 0 atom stereocenters. The molecule has 0 bridgehead atoms. The second-order valence-electron chi connectivity index (χ2n) is 6.76. The molecule has 0 amide bonds. The largest absolute Gasteiger partial charge is 0.497 e. The third kappa shape index (κ3) is 3.34. The maximum atomic E-state index is 13.3. The Morgan fingerprint density at radius 3 is 2.20 bits per heavy atom. The molecule has 0 aliphatic carbocycles. The number of aromatic nitrogens is 4. The fourth-order valence-electron chi connectivity index (χ4n) is 3.17. The average molecular weight is 410 g/mol. The minimum absolute atomic E-state index is 0.137. The van der Waals surface area contributed by atoms with Gasteiger partial charge in [0.05, 0.1) is 13.7 Å². The Morgan fingerprint density at radius 1 is 0.933 bits per heavy atom. The van der Waals surface area contributed by atoms with Crippen molar-refractivity contribution in [2.75, 3.05) is 7.11 Å². The van der Waals surface area contributed by atoms with Crippen LogP contribution < -0.4 is 20.7 Å². The summed E-state index contributed by atoms with van der Waals surface area (Å²) in [6.07, 6.45) is 0. The lowest BCUT2D eigenvalue weighted by Crippen LogP contribution is -2.37. The van der Waals surface area contributed by atoms with Crippen LogP contribution in [0, 0.1) is 5.82 Å². The van der Waals surface area contributed by atoms with Gasteiger partial charge in [-0.15, -0.1) is 0 Å². The van der Waals surface area contributed by atoms with E-state index in [1.54, 1.807) is 48.1 Å². The number of rotatable bonds is 5. The zero-order valence-electron chi connectivity index (χ0n) is 16.6. The number of aryl methyl sites for hydroxylation is 1. The van der Waals surface area contributed by atoms with Crippen LogP contribution in [0.5, 0.6) is 17.5 Å². The van der Waals surface area contributed by atoms with Crippen LogP contribution in [0.25, 0.3) is 11.2 Å². The molecule has 0 saturated heterocycles. The Morgan fingerprint density at radius 2 is 1.57 bits per heavy atom. The SMILES string of the molecule is COc1ccc(Oc2nc3c(c(=O)n(C)c(=O)n3C)n2Cc2ccc(F)cc2)cc1. The van der Waals surface area contributed by atoms with Crippen molar-refractivity contribution in [2.45, 2.75) is 6.54 Å². The molecule has 0 aliphatic heterocycles. The first kappa shape index (κ1) is 19.4. The van der Waals surface area contributed by atoms with E-state index in [0.29, 0.717) is 11.5 Å². The first-order valence-electron chi connectivity index (χ1n) is 9.11. The lowest BCUT2D eigenvalue weighted by atomic mass is 10.2. The minimum Gasteiger partial charge on any atom is -0.497 e. The molecule has 0 aliphatic rings. The van der Waals surface area contributed by atoms with Crippen molar-refractivity contribution in [2.24, 2.45) is 14.1 Å². The van der Waals surface area contributed by atoms with Crippen molar-refractivity contribution in [1.29, 1.82) is 0 Å². The zero-order valence-corrected chi connectivity index (χ0v) is 16.6. The maximum Gasteiger partial charge on any atom is 0.332 e. The fourth-order valence-corrected chi connectivity index (χ4v) is 3.17. The van der Waals surface area contributed by atoms with Crippen LogP contribution in [-0.2, 0) is 20.6 Å². The third-order valence-corrected chi connectivity index (χ3v) is 4.84. The molecule has 0 saturated carbocycles. The van der Waals surface area contributed by atoms with Gasteiger partial charge >= 0.3 is 11.7 Å². The normalized spacial score (nSPS) is 11.1. The Kier molecular flexibility index (Phi) is 4.86. The number of imidazole rings is 1. The first-order chi connectivity index (χ1) is 14.4. The second kappa shape index (κ2) is 7.51. The van der Waals surface area contributed by atoms with Crippen molar-refractivity contribution >= 4 is 11.2 Å². The number of hydrogen-bond donors (Lipinski definition) is 0. The van der Waals surface area contributed by atoms with Crippen LogP contribution in [0.2, 0.25) is 0 Å². The molecular formula is C21H19FN4O4. The van der Waals surface area contributed by atoms with Gasteiger partial charge in [0.15, 0.2) is 11.2 Å². The summed E-state index contributed by atoms with van der Waals surface area (Å²) in [5.74, 6) is 0.786. The van der Waals surface area contributed by atoms with E-state index in [2.05, 4.69) is 4.98 Å². The van der Waals surface area contributed by atoms with Crippen LogP contribution in [0.1, 0.15) is 5.56 Å². The highest BCUT2D eigenvalue weighted by Gasteiger charge is 2.21. The standard InChI is InChI=1S/C21H19FN4O4/c1-24-18-17(19(27)25(2)21(24)28)26(12-13-4-6-14(22)7-5-13)20(23-18)30-16-10-8-15(29-3)9-11-16/h4-11H,12H2,1-3H3. The molecule has 8 nitrogen and oxygen atoms in total. The molecule has 0 radical (unpaired) electrons. The molecule has 30 heavy (non-hydrogen) atoms. The molecule has 0 unspecified atom stereocenters. The van der Waals surface area contributed by atoms with Crippen LogP contribution in [0.3, 0.4) is 0 Å². The van der Waals surface area contributed by atoms with E-state index in [0.717, 1.165) is 10.1 Å². The molecule has 2 aromatic heterocycles. The molecule has 0 spiro atoms. The monoisotopic (exact) mass is 410 g/mol. The molecular weight excluding hydrogens is 391 g/mol. The van der Waals surface area contributed by atoms with Gasteiger partial charge in [0.2, 0.25) is 0 Å². The first-order valence-corrected chi connectivity index (χ1v) is 9.11. The maximum absolute atomic E-state index is 13.3. The van der Waals surface area contributed by atoms with Gasteiger partial charge in [-0.3, -0.25) is 18.5 Å². The topological polar surface area (TPSA) is 80.3 Å². The highest BCUT2D eigenvalue weighted by molar-refractivity contribution is 5.72. The van der Waals surface area contributed by atoms with Crippen molar-refractivity contribution in [3.05, 3.63) is 80.7 Å². The van der Waals surface area contributed by atoms with Gasteiger partial charge in [-0.2, -0.15) is 4.98 Å². The predicted molar refractivity (Wildman–Crippen MR) is 109 cm³/mol.